The standard InChI is InChI=1S/C14H18N2O3/c1-15-6-8-16(9-7-15)12-4-2-11(3-5-12)13(17)10-14(18)19/h2-5H,6-10H2,1H3,(H,18,19). The highest BCUT2D eigenvalue weighted by Gasteiger charge is 2.15. The molecule has 0 saturated carbocycles. The number of rotatable bonds is 4. The van der Waals surface area contributed by atoms with Gasteiger partial charge in [0.2, 0.25) is 0 Å². The van der Waals surface area contributed by atoms with E-state index in [0.29, 0.717) is 5.56 Å². The molecule has 5 heteroatoms. The minimum atomic E-state index is -1.09. The number of likely N-dealkylation sites (N-methyl/N-ethyl adjacent to an activating group) is 1. The molecule has 1 aliphatic heterocycles. The molecule has 1 fully saturated rings. The maximum absolute atomic E-state index is 11.6. The van der Waals surface area contributed by atoms with E-state index in [2.05, 4.69) is 16.8 Å². The molecule has 1 N–H and O–H groups in total. The summed E-state index contributed by atoms with van der Waals surface area (Å²) in [6, 6.07) is 7.19. The second-order valence-electron chi connectivity index (χ2n) is 4.83. The van der Waals surface area contributed by atoms with E-state index < -0.39 is 12.4 Å². The molecule has 1 saturated heterocycles. The molecule has 102 valence electrons. The zero-order valence-corrected chi connectivity index (χ0v) is 11.0. The minimum absolute atomic E-state index is 0.350. The van der Waals surface area contributed by atoms with Gasteiger partial charge in [-0.25, -0.2) is 0 Å². The second-order valence-corrected chi connectivity index (χ2v) is 4.83. The van der Waals surface area contributed by atoms with Crippen molar-refractivity contribution in [2.45, 2.75) is 6.42 Å². The fourth-order valence-electron chi connectivity index (χ4n) is 2.16. The van der Waals surface area contributed by atoms with Gasteiger partial charge in [-0.3, -0.25) is 9.59 Å². The third-order valence-corrected chi connectivity index (χ3v) is 3.37. The molecular formula is C14H18N2O3. The first-order valence-corrected chi connectivity index (χ1v) is 6.35. The molecule has 0 unspecified atom stereocenters. The Morgan fingerprint density at radius 3 is 2.21 bits per heavy atom. The Hall–Kier alpha value is -1.88. The van der Waals surface area contributed by atoms with Crippen molar-refractivity contribution >= 4 is 17.4 Å². The van der Waals surface area contributed by atoms with Crippen LogP contribution in [-0.2, 0) is 4.79 Å². The maximum Gasteiger partial charge on any atom is 0.311 e. The van der Waals surface area contributed by atoms with Crippen LogP contribution in [-0.4, -0.2) is 55.0 Å². The normalized spacial score (nSPS) is 16.4. The molecular weight excluding hydrogens is 244 g/mol. The summed E-state index contributed by atoms with van der Waals surface area (Å²) in [7, 11) is 2.10. The molecule has 1 aliphatic rings. The molecule has 0 amide bonds. The highest BCUT2D eigenvalue weighted by atomic mass is 16.4. The molecule has 1 aromatic rings. The van der Waals surface area contributed by atoms with Gasteiger partial charge in [0, 0.05) is 37.4 Å². The van der Waals surface area contributed by atoms with Crippen molar-refractivity contribution in [1.29, 1.82) is 0 Å². The average Bonchev–Trinajstić information content (AvgIpc) is 2.39. The summed E-state index contributed by atoms with van der Waals surface area (Å²) < 4.78 is 0. The van der Waals surface area contributed by atoms with Crippen molar-refractivity contribution in [1.82, 2.24) is 4.90 Å². The number of carbonyl (C=O) groups is 2. The minimum Gasteiger partial charge on any atom is -0.481 e. The number of hydrogen-bond donors (Lipinski definition) is 1. The van der Waals surface area contributed by atoms with Gasteiger partial charge >= 0.3 is 5.97 Å². The van der Waals surface area contributed by atoms with Crippen molar-refractivity contribution in [3.8, 4) is 0 Å². The zero-order chi connectivity index (χ0) is 13.8. The lowest BCUT2D eigenvalue weighted by molar-refractivity contribution is -0.135. The summed E-state index contributed by atoms with van der Waals surface area (Å²) in [5.41, 5.74) is 1.54. The van der Waals surface area contributed by atoms with Gasteiger partial charge in [0.25, 0.3) is 0 Å². The second kappa shape index (κ2) is 5.84. The third-order valence-electron chi connectivity index (χ3n) is 3.37. The van der Waals surface area contributed by atoms with Crippen molar-refractivity contribution in [3.63, 3.8) is 0 Å². The molecule has 5 nitrogen and oxygen atoms in total. The van der Waals surface area contributed by atoms with Crippen LogP contribution in [0.4, 0.5) is 5.69 Å². The van der Waals surface area contributed by atoms with Gasteiger partial charge in [-0.05, 0) is 31.3 Å². The van der Waals surface area contributed by atoms with Crippen molar-refractivity contribution < 1.29 is 14.7 Å². The molecule has 0 radical (unpaired) electrons. The van der Waals surface area contributed by atoms with Crippen LogP contribution in [0.5, 0.6) is 0 Å². The predicted molar refractivity (Wildman–Crippen MR) is 72.7 cm³/mol. The number of carbonyl (C=O) groups excluding carboxylic acids is 1. The number of Topliss-reactive ketones (excluding diaryl/α,β-unsaturated/α-hetero) is 1. The lowest BCUT2D eigenvalue weighted by Gasteiger charge is -2.34. The number of aliphatic carboxylic acids is 1. The fraction of sp³-hybridized carbons (Fsp3) is 0.429. The molecule has 19 heavy (non-hydrogen) atoms. The van der Waals surface area contributed by atoms with Crippen LogP contribution < -0.4 is 4.90 Å². The quantitative estimate of drug-likeness (QED) is 0.650. The molecule has 0 aliphatic carbocycles. The van der Waals surface area contributed by atoms with Gasteiger partial charge in [0.15, 0.2) is 5.78 Å². The number of piperazine rings is 1. The zero-order valence-electron chi connectivity index (χ0n) is 11.0. The Morgan fingerprint density at radius 2 is 1.68 bits per heavy atom. The van der Waals surface area contributed by atoms with Crippen LogP contribution in [0, 0.1) is 0 Å². The Kier molecular flexibility index (Phi) is 4.16. The van der Waals surface area contributed by atoms with Crippen molar-refractivity contribution in [3.05, 3.63) is 29.8 Å². The smallest absolute Gasteiger partial charge is 0.311 e. The molecule has 2 rings (SSSR count). The molecule has 0 spiro atoms. The van der Waals surface area contributed by atoms with Crippen LogP contribution >= 0.6 is 0 Å². The fourth-order valence-corrected chi connectivity index (χ4v) is 2.16. The van der Waals surface area contributed by atoms with Gasteiger partial charge in [-0.15, -0.1) is 0 Å². The Bertz CT molecular complexity index is 462. The van der Waals surface area contributed by atoms with E-state index in [4.69, 9.17) is 5.11 Å². The summed E-state index contributed by atoms with van der Waals surface area (Å²) >= 11 is 0. The van der Waals surface area contributed by atoms with Crippen molar-refractivity contribution in [2.75, 3.05) is 38.1 Å². The summed E-state index contributed by atoms with van der Waals surface area (Å²) in [5.74, 6) is -1.44. The van der Waals surface area contributed by atoms with Gasteiger partial charge in [0.1, 0.15) is 6.42 Å². The van der Waals surface area contributed by atoms with Crippen LogP contribution in [0.1, 0.15) is 16.8 Å². The number of carboxylic acids is 1. The lowest BCUT2D eigenvalue weighted by atomic mass is 10.1. The highest BCUT2D eigenvalue weighted by molar-refractivity contribution is 6.05. The van der Waals surface area contributed by atoms with Crippen LogP contribution in [0.15, 0.2) is 24.3 Å². The van der Waals surface area contributed by atoms with Gasteiger partial charge in [-0.2, -0.15) is 0 Å². The third kappa shape index (κ3) is 3.54. The first-order chi connectivity index (χ1) is 9.06. The molecule has 0 aromatic heterocycles. The van der Waals surface area contributed by atoms with E-state index in [1.165, 1.54) is 0 Å². The lowest BCUT2D eigenvalue weighted by Crippen LogP contribution is -2.44. The molecule has 0 atom stereocenters. The highest BCUT2D eigenvalue weighted by Crippen LogP contribution is 2.17. The first-order valence-electron chi connectivity index (χ1n) is 6.35. The Morgan fingerprint density at radius 1 is 1.11 bits per heavy atom. The van der Waals surface area contributed by atoms with Crippen LogP contribution in [0.25, 0.3) is 0 Å². The number of anilines is 1. The number of carboxylic acid groups (broad SMARTS) is 1. The topological polar surface area (TPSA) is 60.9 Å². The molecule has 1 aromatic carbocycles. The average molecular weight is 262 g/mol. The maximum atomic E-state index is 11.6. The number of nitrogens with zero attached hydrogens (tertiary/aromatic N) is 2. The number of benzene rings is 1. The number of hydrogen-bond acceptors (Lipinski definition) is 4. The van der Waals surface area contributed by atoms with E-state index in [1.54, 1.807) is 12.1 Å². The van der Waals surface area contributed by atoms with E-state index in [-0.39, 0.29) is 5.78 Å². The Labute approximate surface area is 112 Å². The molecule has 1 heterocycles. The molecule has 0 bridgehead atoms. The summed E-state index contributed by atoms with van der Waals surface area (Å²) in [5, 5.41) is 8.59. The summed E-state index contributed by atoms with van der Waals surface area (Å²) in [6.45, 7) is 4.00. The summed E-state index contributed by atoms with van der Waals surface area (Å²) in [4.78, 5) is 26.6. The largest absolute Gasteiger partial charge is 0.481 e. The van der Waals surface area contributed by atoms with Crippen LogP contribution in [0.2, 0.25) is 0 Å². The first kappa shape index (κ1) is 13.5. The Balaban J connectivity index is 2.02. The van der Waals surface area contributed by atoms with E-state index in [0.717, 1.165) is 31.9 Å². The van der Waals surface area contributed by atoms with Gasteiger partial charge < -0.3 is 14.9 Å². The van der Waals surface area contributed by atoms with Crippen LogP contribution in [0.3, 0.4) is 0 Å². The number of ketones is 1. The van der Waals surface area contributed by atoms with E-state index >= 15 is 0 Å². The summed E-state index contributed by atoms with van der Waals surface area (Å²) in [6.07, 6.45) is -0.451. The van der Waals surface area contributed by atoms with E-state index in [9.17, 15) is 9.59 Å². The SMILES string of the molecule is CN1CCN(c2ccc(C(=O)CC(=O)O)cc2)CC1. The predicted octanol–water partition coefficient (Wildman–Crippen LogP) is 1.10. The van der Waals surface area contributed by atoms with Crippen molar-refractivity contribution in [2.24, 2.45) is 0 Å². The van der Waals surface area contributed by atoms with E-state index in [1.807, 2.05) is 12.1 Å². The van der Waals surface area contributed by atoms with Gasteiger partial charge in [0.05, 0.1) is 0 Å². The van der Waals surface area contributed by atoms with Gasteiger partial charge in [-0.1, -0.05) is 0 Å². The monoisotopic (exact) mass is 262 g/mol.